The second-order valence-corrected chi connectivity index (χ2v) is 17.7. The summed E-state index contributed by atoms with van der Waals surface area (Å²) in [4.78, 5) is 0. The second-order valence-electron chi connectivity index (χ2n) is 17.7. The predicted molar refractivity (Wildman–Crippen MR) is 232 cm³/mol. The third-order valence-corrected chi connectivity index (χ3v) is 12.5. The standard InChI is InChI=1S/C49H100O3/c1-4-6-8-10-12-14-16-18-20-22-24-26-28-30-32-34-36-38-40-42-44-47(51)49(3,46-50)48(52)45-43-41-39-37-35-33-31-29-27-25-23-21-19-17-15-13-11-9-7-5-2/h47-48,50-52H,4-46H2,1-3H3. The van der Waals surface area contributed by atoms with Gasteiger partial charge in [0.25, 0.3) is 0 Å². The van der Waals surface area contributed by atoms with Gasteiger partial charge in [-0.15, -0.1) is 0 Å². The summed E-state index contributed by atoms with van der Waals surface area (Å²) in [5.74, 6) is 0. The molecular weight excluding hydrogens is 637 g/mol. The van der Waals surface area contributed by atoms with Gasteiger partial charge in [-0.3, -0.25) is 0 Å². The van der Waals surface area contributed by atoms with E-state index in [0.717, 1.165) is 25.7 Å². The fourth-order valence-corrected chi connectivity index (χ4v) is 8.28. The summed E-state index contributed by atoms with van der Waals surface area (Å²) in [6, 6.07) is 0. The molecule has 0 spiro atoms. The van der Waals surface area contributed by atoms with Crippen LogP contribution in [0.25, 0.3) is 0 Å². The van der Waals surface area contributed by atoms with Gasteiger partial charge >= 0.3 is 0 Å². The monoisotopic (exact) mass is 737 g/mol. The van der Waals surface area contributed by atoms with Crippen molar-refractivity contribution in [3.8, 4) is 0 Å². The minimum absolute atomic E-state index is 0.145. The molecule has 0 bridgehead atoms. The smallest absolute Gasteiger partial charge is 0.0640 e. The first kappa shape index (κ1) is 51.9. The summed E-state index contributed by atoms with van der Waals surface area (Å²) in [6.45, 7) is 6.33. The van der Waals surface area contributed by atoms with E-state index >= 15 is 0 Å². The number of aliphatic hydroxyl groups is 3. The maximum atomic E-state index is 10.9. The van der Waals surface area contributed by atoms with E-state index in [1.807, 2.05) is 6.92 Å². The highest BCUT2D eigenvalue weighted by Crippen LogP contribution is 2.32. The number of unbranched alkanes of at least 4 members (excludes halogenated alkanes) is 38. The van der Waals surface area contributed by atoms with E-state index < -0.39 is 17.6 Å². The van der Waals surface area contributed by atoms with Crippen LogP contribution in [0.5, 0.6) is 0 Å². The summed E-state index contributed by atoms with van der Waals surface area (Å²) in [7, 11) is 0. The molecule has 52 heavy (non-hydrogen) atoms. The zero-order valence-electron chi connectivity index (χ0n) is 36.4. The summed E-state index contributed by atoms with van der Waals surface area (Å²) in [6.07, 6.45) is 54.9. The Kier molecular flexibility index (Phi) is 41.9. The van der Waals surface area contributed by atoms with Gasteiger partial charge in [-0.2, -0.15) is 0 Å². The molecule has 2 atom stereocenters. The SMILES string of the molecule is CCCCCCCCCCCCCCCCCCCCCCC(O)C(C)(CO)C(O)CCCCCCCCCCCCCCCCCCCCCC. The van der Waals surface area contributed by atoms with Crippen molar-refractivity contribution in [2.24, 2.45) is 5.41 Å². The first-order chi connectivity index (χ1) is 25.5. The van der Waals surface area contributed by atoms with E-state index in [1.54, 1.807) is 0 Å². The second kappa shape index (κ2) is 42.0. The fraction of sp³-hybridized carbons (Fsp3) is 1.00. The molecule has 314 valence electrons. The van der Waals surface area contributed by atoms with E-state index in [9.17, 15) is 15.3 Å². The minimum atomic E-state index is -0.804. The number of aliphatic hydroxyl groups excluding tert-OH is 3. The zero-order valence-corrected chi connectivity index (χ0v) is 36.4. The molecule has 3 heteroatoms. The molecule has 0 aliphatic heterocycles. The molecule has 0 amide bonds. The van der Waals surface area contributed by atoms with Gasteiger partial charge in [-0.05, 0) is 12.8 Å². The average Bonchev–Trinajstić information content (AvgIpc) is 3.15. The average molecular weight is 737 g/mol. The lowest BCUT2D eigenvalue weighted by Crippen LogP contribution is -2.46. The van der Waals surface area contributed by atoms with Gasteiger partial charge in [-0.1, -0.05) is 278 Å². The van der Waals surface area contributed by atoms with Gasteiger partial charge in [0.05, 0.1) is 18.8 Å². The van der Waals surface area contributed by atoms with Gasteiger partial charge in [0.1, 0.15) is 0 Å². The molecule has 3 nitrogen and oxygen atoms in total. The molecule has 2 unspecified atom stereocenters. The Morgan fingerprint density at radius 1 is 0.288 bits per heavy atom. The van der Waals surface area contributed by atoms with Gasteiger partial charge < -0.3 is 15.3 Å². The normalized spacial score (nSPS) is 14.2. The maximum absolute atomic E-state index is 10.9. The molecule has 0 aromatic heterocycles. The van der Waals surface area contributed by atoms with Crippen molar-refractivity contribution in [1.29, 1.82) is 0 Å². The fourth-order valence-electron chi connectivity index (χ4n) is 8.28. The first-order valence-corrected chi connectivity index (χ1v) is 24.5. The number of hydrogen-bond donors (Lipinski definition) is 3. The molecule has 0 saturated heterocycles. The van der Waals surface area contributed by atoms with Crippen LogP contribution in [0, 0.1) is 5.41 Å². The molecule has 0 saturated carbocycles. The highest BCUT2D eigenvalue weighted by molar-refractivity contribution is 4.88. The van der Waals surface area contributed by atoms with Crippen molar-refractivity contribution in [3.63, 3.8) is 0 Å². The Morgan fingerprint density at radius 3 is 0.596 bits per heavy atom. The van der Waals surface area contributed by atoms with E-state index in [4.69, 9.17) is 0 Å². The molecule has 0 fully saturated rings. The summed E-state index contributed by atoms with van der Waals surface area (Å²) in [5, 5.41) is 32.0. The van der Waals surface area contributed by atoms with Crippen molar-refractivity contribution >= 4 is 0 Å². The van der Waals surface area contributed by atoms with Crippen molar-refractivity contribution < 1.29 is 15.3 Å². The van der Waals surface area contributed by atoms with Gasteiger partial charge in [-0.25, -0.2) is 0 Å². The highest BCUT2D eigenvalue weighted by Gasteiger charge is 2.38. The largest absolute Gasteiger partial charge is 0.396 e. The molecule has 0 aliphatic rings. The van der Waals surface area contributed by atoms with E-state index in [0.29, 0.717) is 12.8 Å². The number of hydrogen-bond acceptors (Lipinski definition) is 3. The van der Waals surface area contributed by atoms with Crippen molar-refractivity contribution in [3.05, 3.63) is 0 Å². The van der Waals surface area contributed by atoms with Crippen LogP contribution in [0.3, 0.4) is 0 Å². The van der Waals surface area contributed by atoms with Crippen LogP contribution in [0.2, 0.25) is 0 Å². The van der Waals surface area contributed by atoms with Gasteiger partial charge in [0.15, 0.2) is 0 Å². The molecule has 0 rings (SSSR count). The van der Waals surface area contributed by atoms with Crippen molar-refractivity contribution in [2.45, 2.75) is 303 Å². The quantitative estimate of drug-likeness (QED) is 0.0546. The molecule has 0 aromatic rings. The highest BCUT2D eigenvalue weighted by atomic mass is 16.3. The van der Waals surface area contributed by atoms with E-state index in [1.165, 1.54) is 231 Å². The Balaban J connectivity index is 3.56. The van der Waals surface area contributed by atoms with Crippen LogP contribution in [0.15, 0.2) is 0 Å². The van der Waals surface area contributed by atoms with Crippen molar-refractivity contribution in [1.82, 2.24) is 0 Å². The Bertz CT molecular complexity index is 600. The summed E-state index contributed by atoms with van der Waals surface area (Å²) < 4.78 is 0. The van der Waals surface area contributed by atoms with Gasteiger partial charge in [0.2, 0.25) is 0 Å². The topological polar surface area (TPSA) is 60.7 Å². The lowest BCUT2D eigenvalue weighted by Gasteiger charge is -2.37. The lowest BCUT2D eigenvalue weighted by atomic mass is 9.75. The first-order valence-electron chi connectivity index (χ1n) is 24.5. The summed E-state index contributed by atoms with van der Waals surface area (Å²) >= 11 is 0. The molecule has 3 N–H and O–H groups in total. The molecule has 0 aliphatic carbocycles. The Morgan fingerprint density at radius 2 is 0.442 bits per heavy atom. The van der Waals surface area contributed by atoms with Crippen molar-refractivity contribution in [2.75, 3.05) is 6.61 Å². The maximum Gasteiger partial charge on any atom is 0.0640 e. The Labute approximate surface area is 329 Å². The third kappa shape index (κ3) is 34.4. The van der Waals surface area contributed by atoms with Crippen LogP contribution in [0.1, 0.15) is 290 Å². The van der Waals surface area contributed by atoms with Crippen LogP contribution < -0.4 is 0 Å². The van der Waals surface area contributed by atoms with Crippen LogP contribution >= 0.6 is 0 Å². The van der Waals surface area contributed by atoms with E-state index in [2.05, 4.69) is 13.8 Å². The number of rotatable bonds is 45. The molecular formula is C49H100O3. The minimum Gasteiger partial charge on any atom is -0.396 e. The Hall–Kier alpha value is -0.120. The molecule has 0 radical (unpaired) electrons. The molecule has 0 aromatic carbocycles. The van der Waals surface area contributed by atoms with Gasteiger partial charge in [0, 0.05) is 5.41 Å². The van der Waals surface area contributed by atoms with Crippen LogP contribution in [0.4, 0.5) is 0 Å². The van der Waals surface area contributed by atoms with Crippen LogP contribution in [-0.4, -0.2) is 34.1 Å². The van der Waals surface area contributed by atoms with E-state index in [-0.39, 0.29) is 6.61 Å². The summed E-state index contributed by atoms with van der Waals surface area (Å²) in [5.41, 5.74) is -0.804. The van der Waals surface area contributed by atoms with Crippen LogP contribution in [-0.2, 0) is 0 Å². The lowest BCUT2D eigenvalue weighted by molar-refractivity contribution is -0.0942. The third-order valence-electron chi connectivity index (χ3n) is 12.5. The molecule has 0 heterocycles. The predicted octanol–water partition coefficient (Wildman–Crippen LogP) is 16.1. The zero-order chi connectivity index (χ0) is 38.1.